The van der Waals surface area contributed by atoms with Gasteiger partial charge in [0.2, 0.25) is 0 Å². The number of fused-ring (bicyclic) bond motifs is 1. The lowest BCUT2D eigenvalue weighted by Crippen LogP contribution is -1.86. The van der Waals surface area contributed by atoms with E-state index in [1.54, 1.807) is 6.20 Å². The van der Waals surface area contributed by atoms with Crippen LogP contribution in [0.3, 0.4) is 0 Å². The standard InChI is InChI=1S/C13H11N3O/c1-8-5-6-15-7-11(8)9-3-2-4-10-12(9)17-16-13(10)14/h2-7H,1H3,(H2,14,16). The summed E-state index contributed by atoms with van der Waals surface area (Å²) in [5.74, 6) is 0.420. The highest BCUT2D eigenvalue weighted by atomic mass is 16.5. The summed E-state index contributed by atoms with van der Waals surface area (Å²) in [5, 5.41) is 4.63. The number of nitrogens with zero attached hydrogens (tertiary/aromatic N) is 2. The molecule has 3 aromatic rings. The summed E-state index contributed by atoms with van der Waals surface area (Å²) < 4.78 is 5.29. The number of aromatic nitrogens is 2. The molecule has 0 bridgehead atoms. The fourth-order valence-electron chi connectivity index (χ4n) is 1.94. The highest BCUT2D eigenvalue weighted by Crippen LogP contribution is 2.32. The molecular weight excluding hydrogens is 214 g/mol. The molecule has 2 N–H and O–H groups in total. The Labute approximate surface area is 98.1 Å². The van der Waals surface area contributed by atoms with Crippen LogP contribution < -0.4 is 5.73 Å². The summed E-state index contributed by atoms with van der Waals surface area (Å²) in [6.07, 6.45) is 3.59. The Balaban J connectivity index is 2.35. The minimum Gasteiger partial charge on any atom is -0.380 e. The number of nitrogen functional groups attached to an aromatic ring is 1. The van der Waals surface area contributed by atoms with Gasteiger partial charge in [-0.1, -0.05) is 17.3 Å². The maximum atomic E-state index is 5.74. The van der Waals surface area contributed by atoms with E-state index in [2.05, 4.69) is 10.1 Å². The van der Waals surface area contributed by atoms with E-state index in [0.29, 0.717) is 11.4 Å². The molecule has 0 unspecified atom stereocenters. The van der Waals surface area contributed by atoms with Crippen molar-refractivity contribution in [1.29, 1.82) is 0 Å². The van der Waals surface area contributed by atoms with Crippen molar-refractivity contribution in [2.45, 2.75) is 6.92 Å². The second-order valence-corrected chi connectivity index (χ2v) is 3.94. The molecule has 17 heavy (non-hydrogen) atoms. The number of hydrogen-bond acceptors (Lipinski definition) is 4. The summed E-state index contributed by atoms with van der Waals surface area (Å²) in [7, 11) is 0. The van der Waals surface area contributed by atoms with Crippen molar-refractivity contribution < 1.29 is 4.52 Å². The number of pyridine rings is 1. The van der Waals surface area contributed by atoms with Crippen LogP contribution in [0.15, 0.2) is 41.2 Å². The molecule has 0 aliphatic rings. The van der Waals surface area contributed by atoms with Gasteiger partial charge in [0.15, 0.2) is 11.4 Å². The third-order valence-electron chi connectivity index (χ3n) is 2.86. The third kappa shape index (κ3) is 1.45. The first-order valence-corrected chi connectivity index (χ1v) is 5.32. The molecule has 0 radical (unpaired) electrons. The van der Waals surface area contributed by atoms with Gasteiger partial charge in [0, 0.05) is 23.5 Å². The summed E-state index contributed by atoms with van der Waals surface area (Å²) >= 11 is 0. The van der Waals surface area contributed by atoms with Gasteiger partial charge >= 0.3 is 0 Å². The van der Waals surface area contributed by atoms with Gasteiger partial charge in [-0.25, -0.2) is 0 Å². The van der Waals surface area contributed by atoms with Gasteiger partial charge in [0.25, 0.3) is 0 Å². The Bertz CT molecular complexity index is 688. The van der Waals surface area contributed by atoms with Crippen LogP contribution in [0.4, 0.5) is 5.82 Å². The molecule has 84 valence electrons. The molecule has 0 atom stereocenters. The first-order chi connectivity index (χ1) is 8.27. The van der Waals surface area contributed by atoms with Crippen LogP contribution in [0.5, 0.6) is 0 Å². The van der Waals surface area contributed by atoms with Crippen molar-refractivity contribution in [2.24, 2.45) is 0 Å². The summed E-state index contributed by atoms with van der Waals surface area (Å²) in [4.78, 5) is 4.14. The van der Waals surface area contributed by atoms with Crippen molar-refractivity contribution in [2.75, 3.05) is 5.73 Å². The Morgan fingerprint density at radius 3 is 2.88 bits per heavy atom. The second kappa shape index (κ2) is 3.59. The average Bonchev–Trinajstić information content (AvgIpc) is 2.72. The van der Waals surface area contributed by atoms with Gasteiger partial charge in [-0.05, 0) is 24.6 Å². The minimum absolute atomic E-state index is 0.420. The maximum absolute atomic E-state index is 5.74. The molecule has 0 saturated carbocycles. The lowest BCUT2D eigenvalue weighted by molar-refractivity contribution is 0.461. The molecule has 1 aromatic carbocycles. The predicted octanol–water partition coefficient (Wildman–Crippen LogP) is 2.78. The molecule has 0 aliphatic heterocycles. The summed E-state index contributed by atoms with van der Waals surface area (Å²) in [6.45, 7) is 2.04. The topological polar surface area (TPSA) is 64.9 Å². The van der Waals surface area contributed by atoms with Crippen molar-refractivity contribution in [3.63, 3.8) is 0 Å². The van der Waals surface area contributed by atoms with E-state index in [4.69, 9.17) is 10.3 Å². The molecule has 4 nitrogen and oxygen atoms in total. The Kier molecular flexibility index (Phi) is 2.08. The highest BCUT2D eigenvalue weighted by Gasteiger charge is 2.12. The molecule has 4 heteroatoms. The van der Waals surface area contributed by atoms with Gasteiger partial charge in [0.05, 0.1) is 5.39 Å². The van der Waals surface area contributed by atoms with Gasteiger partial charge in [0.1, 0.15) is 0 Å². The predicted molar refractivity (Wildman–Crippen MR) is 66.4 cm³/mol. The second-order valence-electron chi connectivity index (χ2n) is 3.94. The lowest BCUT2D eigenvalue weighted by Gasteiger charge is -2.04. The van der Waals surface area contributed by atoms with Crippen LogP contribution in [0, 0.1) is 6.92 Å². The number of anilines is 1. The van der Waals surface area contributed by atoms with Gasteiger partial charge in [-0.2, -0.15) is 0 Å². The number of benzene rings is 1. The first-order valence-electron chi connectivity index (χ1n) is 5.32. The zero-order chi connectivity index (χ0) is 11.8. The van der Waals surface area contributed by atoms with Gasteiger partial charge in [-0.3, -0.25) is 4.98 Å². The maximum Gasteiger partial charge on any atom is 0.176 e. The van der Waals surface area contributed by atoms with Crippen LogP contribution in [0.1, 0.15) is 5.56 Å². The van der Waals surface area contributed by atoms with E-state index in [1.807, 2.05) is 37.4 Å². The lowest BCUT2D eigenvalue weighted by atomic mass is 10.0. The Morgan fingerprint density at radius 2 is 2.06 bits per heavy atom. The number of hydrogen-bond donors (Lipinski definition) is 1. The average molecular weight is 225 g/mol. The summed E-state index contributed by atoms with van der Waals surface area (Å²) in [5.41, 5.74) is 9.60. The molecule has 2 heterocycles. The third-order valence-corrected chi connectivity index (χ3v) is 2.86. The first kappa shape index (κ1) is 9.84. The monoisotopic (exact) mass is 225 g/mol. The van der Waals surface area contributed by atoms with Crippen LogP contribution >= 0.6 is 0 Å². The highest BCUT2D eigenvalue weighted by molar-refractivity contribution is 5.97. The van der Waals surface area contributed by atoms with Crippen LogP contribution in [0.25, 0.3) is 22.1 Å². The zero-order valence-corrected chi connectivity index (χ0v) is 9.34. The summed E-state index contributed by atoms with van der Waals surface area (Å²) in [6, 6.07) is 7.79. The molecular formula is C13H11N3O. The van der Waals surface area contributed by atoms with Crippen LogP contribution in [-0.2, 0) is 0 Å². The number of aryl methyl sites for hydroxylation is 1. The molecule has 0 fully saturated rings. The molecule has 0 saturated heterocycles. The van der Waals surface area contributed by atoms with Crippen molar-refractivity contribution >= 4 is 16.8 Å². The van der Waals surface area contributed by atoms with E-state index in [9.17, 15) is 0 Å². The fraction of sp³-hybridized carbons (Fsp3) is 0.0769. The van der Waals surface area contributed by atoms with Crippen LogP contribution in [0.2, 0.25) is 0 Å². The van der Waals surface area contributed by atoms with E-state index < -0.39 is 0 Å². The Hall–Kier alpha value is -2.36. The van der Waals surface area contributed by atoms with E-state index in [0.717, 1.165) is 22.1 Å². The SMILES string of the molecule is Cc1ccncc1-c1cccc2c(N)noc12. The number of nitrogens with two attached hydrogens (primary N) is 1. The zero-order valence-electron chi connectivity index (χ0n) is 9.34. The van der Waals surface area contributed by atoms with Gasteiger partial charge < -0.3 is 10.3 Å². The van der Waals surface area contributed by atoms with Crippen molar-refractivity contribution in [1.82, 2.24) is 10.1 Å². The van der Waals surface area contributed by atoms with Crippen molar-refractivity contribution in [3.05, 3.63) is 42.2 Å². The quantitative estimate of drug-likeness (QED) is 0.691. The Morgan fingerprint density at radius 1 is 1.18 bits per heavy atom. The van der Waals surface area contributed by atoms with E-state index in [1.165, 1.54) is 0 Å². The molecule has 0 spiro atoms. The molecule has 2 aromatic heterocycles. The normalized spacial score (nSPS) is 10.9. The van der Waals surface area contributed by atoms with Crippen LogP contribution in [-0.4, -0.2) is 10.1 Å². The number of para-hydroxylation sites is 1. The smallest absolute Gasteiger partial charge is 0.176 e. The largest absolute Gasteiger partial charge is 0.380 e. The van der Waals surface area contributed by atoms with E-state index >= 15 is 0 Å². The number of rotatable bonds is 1. The van der Waals surface area contributed by atoms with Gasteiger partial charge in [-0.15, -0.1) is 0 Å². The molecule has 0 aliphatic carbocycles. The minimum atomic E-state index is 0.420. The van der Waals surface area contributed by atoms with E-state index in [-0.39, 0.29) is 0 Å². The fourth-order valence-corrected chi connectivity index (χ4v) is 1.94. The molecule has 3 rings (SSSR count). The van der Waals surface area contributed by atoms with Crippen molar-refractivity contribution in [3.8, 4) is 11.1 Å². The molecule has 0 amide bonds.